The average Bonchev–Trinajstić information content (AvgIpc) is 2.46. The summed E-state index contributed by atoms with van der Waals surface area (Å²) in [6, 6.07) is 6.79. The molecule has 1 amide bonds. The van der Waals surface area contributed by atoms with Crippen LogP contribution in [0.1, 0.15) is 61.8 Å². The van der Waals surface area contributed by atoms with E-state index in [-0.39, 0.29) is 16.7 Å². The van der Waals surface area contributed by atoms with Gasteiger partial charge >= 0.3 is 5.97 Å². The van der Waals surface area contributed by atoms with Crippen LogP contribution in [0.5, 0.6) is 5.75 Å². The highest BCUT2D eigenvalue weighted by atomic mass is 16.5. The number of amides is 1. The van der Waals surface area contributed by atoms with Crippen molar-refractivity contribution in [3.63, 3.8) is 0 Å². The molecule has 0 aliphatic rings. The fourth-order valence-electron chi connectivity index (χ4n) is 2.82. The maximum Gasteiger partial charge on any atom is 0.338 e. The van der Waals surface area contributed by atoms with Crippen LogP contribution in [-0.2, 0) is 9.59 Å². The van der Waals surface area contributed by atoms with Crippen LogP contribution in [-0.4, -0.2) is 11.9 Å². The van der Waals surface area contributed by atoms with Crippen LogP contribution in [0.4, 0.5) is 5.69 Å². The topological polar surface area (TPSA) is 55.4 Å². The molecule has 1 rings (SSSR count). The van der Waals surface area contributed by atoms with Gasteiger partial charge in [-0.15, -0.1) is 0 Å². The molecule has 0 aromatic heterocycles. The molecule has 0 aliphatic carbocycles. The predicted molar refractivity (Wildman–Crippen MR) is 107 cm³/mol. The average molecular weight is 360 g/mol. The van der Waals surface area contributed by atoms with Gasteiger partial charge < -0.3 is 10.1 Å². The van der Waals surface area contributed by atoms with Crippen molar-refractivity contribution in [1.82, 2.24) is 0 Å². The van der Waals surface area contributed by atoms with E-state index in [1.165, 1.54) is 0 Å². The molecule has 0 heterocycles. The fraction of sp³-hybridized carbons (Fsp3) is 0.545. The standard InChI is InChI=1S/C22H33NO3/c1-15(2)18(24)26-17-12-10-16(11-13-17)23-19(25)22(9,21(6,7)8)14-20(3,4)5/h10-13H,1,14H2,2-9H3,(H,23,25). The molecule has 144 valence electrons. The summed E-state index contributed by atoms with van der Waals surface area (Å²) in [6.45, 7) is 19.9. The molecule has 0 spiro atoms. The van der Waals surface area contributed by atoms with Gasteiger partial charge in [-0.1, -0.05) is 55.0 Å². The lowest BCUT2D eigenvalue weighted by molar-refractivity contribution is -0.133. The Hall–Kier alpha value is -2.10. The van der Waals surface area contributed by atoms with E-state index in [1.54, 1.807) is 31.2 Å². The summed E-state index contributed by atoms with van der Waals surface area (Å²) < 4.78 is 5.17. The highest BCUT2D eigenvalue weighted by molar-refractivity contribution is 5.95. The van der Waals surface area contributed by atoms with Crippen LogP contribution in [0.15, 0.2) is 36.4 Å². The number of carbonyl (C=O) groups is 2. The summed E-state index contributed by atoms with van der Waals surface area (Å²) in [4.78, 5) is 24.7. The van der Waals surface area contributed by atoms with Crippen molar-refractivity contribution in [3.8, 4) is 5.75 Å². The van der Waals surface area contributed by atoms with Crippen molar-refractivity contribution >= 4 is 17.6 Å². The number of carbonyl (C=O) groups excluding carboxylic acids is 2. The minimum atomic E-state index is -0.531. The van der Waals surface area contributed by atoms with Crippen molar-refractivity contribution in [3.05, 3.63) is 36.4 Å². The second-order valence-corrected chi connectivity index (χ2v) is 9.47. The molecular weight excluding hydrogens is 326 g/mol. The molecule has 0 bridgehead atoms. The summed E-state index contributed by atoms with van der Waals surface area (Å²) in [6.07, 6.45) is 0.768. The van der Waals surface area contributed by atoms with E-state index in [2.05, 4.69) is 53.4 Å². The van der Waals surface area contributed by atoms with Gasteiger partial charge in [-0.25, -0.2) is 4.79 Å². The second-order valence-electron chi connectivity index (χ2n) is 9.47. The number of rotatable bonds is 5. The minimum absolute atomic E-state index is 0.00777. The zero-order valence-electron chi connectivity index (χ0n) is 17.4. The lowest BCUT2D eigenvalue weighted by atomic mass is 9.61. The van der Waals surface area contributed by atoms with Crippen molar-refractivity contribution in [2.75, 3.05) is 5.32 Å². The number of ether oxygens (including phenoxy) is 1. The molecule has 1 atom stereocenters. The van der Waals surface area contributed by atoms with E-state index in [4.69, 9.17) is 4.74 Å². The maximum absolute atomic E-state index is 13.1. The van der Waals surface area contributed by atoms with Crippen molar-refractivity contribution in [1.29, 1.82) is 0 Å². The Kier molecular flexibility index (Phi) is 6.45. The first-order valence-corrected chi connectivity index (χ1v) is 8.95. The van der Waals surface area contributed by atoms with Gasteiger partial charge in [-0.2, -0.15) is 0 Å². The molecule has 1 unspecified atom stereocenters. The number of hydrogen-bond acceptors (Lipinski definition) is 3. The van der Waals surface area contributed by atoms with Crippen LogP contribution >= 0.6 is 0 Å². The highest BCUT2D eigenvalue weighted by Crippen LogP contribution is 2.47. The van der Waals surface area contributed by atoms with Gasteiger partial charge in [0, 0.05) is 11.3 Å². The summed E-state index contributed by atoms with van der Waals surface area (Å²) in [7, 11) is 0. The molecule has 0 saturated carbocycles. The zero-order chi connectivity index (χ0) is 20.3. The number of nitrogens with one attached hydrogen (secondary N) is 1. The van der Waals surface area contributed by atoms with E-state index in [0.29, 0.717) is 17.0 Å². The first kappa shape index (κ1) is 21.9. The SMILES string of the molecule is C=C(C)C(=O)Oc1ccc(NC(=O)C(C)(CC(C)(C)C)C(C)(C)C)cc1. The third kappa shape index (κ3) is 5.72. The lowest BCUT2D eigenvalue weighted by Crippen LogP contribution is -2.46. The molecule has 0 fully saturated rings. The Bertz CT molecular complexity index is 675. The minimum Gasteiger partial charge on any atom is -0.423 e. The molecule has 0 aliphatic heterocycles. The lowest BCUT2D eigenvalue weighted by Gasteiger charge is -2.44. The Morgan fingerprint density at radius 1 is 1.00 bits per heavy atom. The van der Waals surface area contributed by atoms with E-state index in [1.807, 2.05) is 6.92 Å². The quantitative estimate of drug-likeness (QED) is 0.423. The Balaban J connectivity index is 2.96. The molecule has 1 aromatic carbocycles. The predicted octanol–water partition coefficient (Wildman–Crippen LogP) is 5.60. The van der Waals surface area contributed by atoms with Gasteiger partial charge in [0.15, 0.2) is 0 Å². The zero-order valence-corrected chi connectivity index (χ0v) is 17.4. The van der Waals surface area contributed by atoms with Crippen molar-refractivity contribution in [2.45, 2.75) is 61.8 Å². The molecule has 26 heavy (non-hydrogen) atoms. The summed E-state index contributed by atoms with van der Waals surface area (Å²) >= 11 is 0. The van der Waals surface area contributed by atoms with Gasteiger partial charge in [0.25, 0.3) is 0 Å². The number of anilines is 1. The molecule has 0 saturated heterocycles. The second kappa shape index (κ2) is 7.65. The van der Waals surface area contributed by atoms with Crippen LogP contribution in [0.2, 0.25) is 0 Å². The normalized spacial score (nSPS) is 14.3. The number of hydrogen-bond donors (Lipinski definition) is 1. The molecule has 4 heteroatoms. The van der Waals surface area contributed by atoms with E-state index in [0.717, 1.165) is 6.42 Å². The largest absolute Gasteiger partial charge is 0.423 e. The number of benzene rings is 1. The monoisotopic (exact) mass is 359 g/mol. The van der Waals surface area contributed by atoms with Gasteiger partial charge in [-0.3, -0.25) is 4.79 Å². The highest BCUT2D eigenvalue weighted by Gasteiger charge is 2.46. The van der Waals surface area contributed by atoms with Crippen LogP contribution in [0.25, 0.3) is 0 Å². The van der Waals surface area contributed by atoms with Crippen LogP contribution in [0.3, 0.4) is 0 Å². The first-order valence-electron chi connectivity index (χ1n) is 8.95. The van der Waals surface area contributed by atoms with Gasteiger partial charge in [0.1, 0.15) is 5.75 Å². The van der Waals surface area contributed by atoms with Crippen molar-refractivity contribution in [2.24, 2.45) is 16.2 Å². The van der Waals surface area contributed by atoms with E-state index in [9.17, 15) is 9.59 Å². The van der Waals surface area contributed by atoms with Crippen LogP contribution in [0, 0.1) is 16.2 Å². The number of esters is 1. The molecule has 1 aromatic rings. The summed E-state index contributed by atoms with van der Waals surface area (Å²) in [5.74, 6) is -0.0526. The molecular formula is C22H33NO3. The Labute approximate surface area is 158 Å². The van der Waals surface area contributed by atoms with Gasteiger partial charge in [0.05, 0.1) is 5.41 Å². The molecule has 0 radical (unpaired) electrons. The van der Waals surface area contributed by atoms with E-state index < -0.39 is 11.4 Å². The summed E-state index contributed by atoms with van der Waals surface area (Å²) in [5.41, 5.74) is 0.317. The van der Waals surface area contributed by atoms with Gasteiger partial charge in [-0.05, 0) is 48.4 Å². The maximum atomic E-state index is 13.1. The molecule has 1 N–H and O–H groups in total. The Morgan fingerprint density at radius 2 is 1.50 bits per heavy atom. The third-order valence-corrected chi connectivity index (χ3v) is 4.71. The van der Waals surface area contributed by atoms with Crippen molar-refractivity contribution < 1.29 is 14.3 Å². The third-order valence-electron chi connectivity index (χ3n) is 4.71. The smallest absolute Gasteiger partial charge is 0.338 e. The summed E-state index contributed by atoms with van der Waals surface area (Å²) in [5, 5.41) is 3.02. The van der Waals surface area contributed by atoms with Crippen LogP contribution < -0.4 is 10.1 Å². The molecule has 4 nitrogen and oxygen atoms in total. The Morgan fingerprint density at radius 3 is 1.88 bits per heavy atom. The van der Waals surface area contributed by atoms with E-state index >= 15 is 0 Å². The van der Waals surface area contributed by atoms with Gasteiger partial charge in [0.2, 0.25) is 5.91 Å². The first-order chi connectivity index (χ1) is 11.7. The fourth-order valence-corrected chi connectivity index (χ4v) is 2.82.